The molecule has 1 aliphatic carbocycles. The highest BCUT2D eigenvalue weighted by Crippen LogP contribution is 2.35. The topological polar surface area (TPSA) is 80.2 Å². The molecule has 3 aromatic rings. The SMILES string of the molecule is COc1nc(C(F)(F)F)ccc1-c1cc(Nc2cccc3c2CC(O)CC3)ncn1. The van der Waals surface area contributed by atoms with Crippen molar-refractivity contribution in [2.24, 2.45) is 0 Å². The summed E-state index contributed by atoms with van der Waals surface area (Å²) in [6.07, 6.45) is -1.55. The van der Waals surface area contributed by atoms with Gasteiger partial charge in [-0.05, 0) is 42.2 Å². The summed E-state index contributed by atoms with van der Waals surface area (Å²) in [6, 6.07) is 9.66. The average molecular weight is 416 g/mol. The number of alkyl halides is 3. The van der Waals surface area contributed by atoms with Gasteiger partial charge in [0.15, 0.2) is 0 Å². The minimum Gasteiger partial charge on any atom is -0.480 e. The highest BCUT2D eigenvalue weighted by molar-refractivity contribution is 5.70. The second kappa shape index (κ2) is 7.91. The molecule has 2 N–H and O–H groups in total. The Labute approximate surface area is 170 Å². The van der Waals surface area contributed by atoms with E-state index >= 15 is 0 Å². The Morgan fingerprint density at radius 1 is 1.17 bits per heavy atom. The summed E-state index contributed by atoms with van der Waals surface area (Å²) in [6.45, 7) is 0. The zero-order valence-corrected chi connectivity index (χ0v) is 16.1. The van der Waals surface area contributed by atoms with Crippen molar-refractivity contribution in [2.75, 3.05) is 12.4 Å². The van der Waals surface area contributed by atoms with E-state index in [-0.39, 0.29) is 12.0 Å². The molecule has 0 spiro atoms. The molecule has 9 heteroatoms. The molecule has 1 unspecified atom stereocenters. The fourth-order valence-corrected chi connectivity index (χ4v) is 3.55. The summed E-state index contributed by atoms with van der Waals surface area (Å²) < 4.78 is 43.9. The number of ether oxygens (including phenoxy) is 1. The number of nitrogens with zero attached hydrogens (tertiary/aromatic N) is 3. The van der Waals surface area contributed by atoms with E-state index in [4.69, 9.17) is 4.74 Å². The maximum atomic E-state index is 12.9. The highest BCUT2D eigenvalue weighted by atomic mass is 19.4. The lowest BCUT2D eigenvalue weighted by atomic mass is 9.88. The van der Waals surface area contributed by atoms with Gasteiger partial charge in [-0.15, -0.1) is 0 Å². The molecule has 2 heterocycles. The third-order valence-electron chi connectivity index (χ3n) is 5.01. The van der Waals surface area contributed by atoms with Crippen LogP contribution in [0.25, 0.3) is 11.3 Å². The molecule has 156 valence electrons. The van der Waals surface area contributed by atoms with E-state index in [1.165, 1.54) is 25.1 Å². The van der Waals surface area contributed by atoms with E-state index in [9.17, 15) is 18.3 Å². The lowest BCUT2D eigenvalue weighted by molar-refractivity contribution is -0.141. The minimum absolute atomic E-state index is 0.172. The molecule has 1 atom stereocenters. The Hall–Kier alpha value is -3.20. The molecule has 4 rings (SSSR count). The van der Waals surface area contributed by atoms with E-state index in [1.807, 2.05) is 18.2 Å². The lowest BCUT2D eigenvalue weighted by Crippen LogP contribution is -2.19. The number of halogens is 3. The van der Waals surface area contributed by atoms with Gasteiger partial charge < -0.3 is 15.2 Å². The summed E-state index contributed by atoms with van der Waals surface area (Å²) in [5, 5.41) is 13.3. The van der Waals surface area contributed by atoms with Crippen LogP contribution in [-0.2, 0) is 19.0 Å². The summed E-state index contributed by atoms with van der Waals surface area (Å²) >= 11 is 0. The van der Waals surface area contributed by atoms with Crippen molar-refractivity contribution in [2.45, 2.75) is 31.5 Å². The maximum absolute atomic E-state index is 12.9. The van der Waals surface area contributed by atoms with E-state index in [2.05, 4.69) is 20.3 Å². The highest BCUT2D eigenvalue weighted by Gasteiger charge is 2.33. The van der Waals surface area contributed by atoms with E-state index in [0.717, 1.165) is 30.2 Å². The number of hydrogen-bond acceptors (Lipinski definition) is 6. The second-order valence-electron chi connectivity index (χ2n) is 7.00. The number of pyridine rings is 1. The van der Waals surface area contributed by atoms with Crippen LogP contribution < -0.4 is 10.1 Å². The van der Waals surface area contributed by atoms with Crippen molar-refractivity contribution < 1.29 is 23.0 Å². The molecule has 0 saturated carbocycles. The largest absolute Gasteiger partial charge is 0.480 e. The smallest absolute Gasteiger partial charge is 0.433 e. The number of rotatable bonds is 4. The van der Waals surface area contributed by atoms with Crippen LogP contribution in [0.2, 0.25) is 0 Å². The minimum atomic E-state index is -4.57. The van der Waals surface area contributed by atoms with E-state index in [1.54, 1.807) is 6.07 Å². The first-order valence-electron chi connectivity index (χ1n) is 9.35. The molecule has 1 aliphatic rings. The first-order chi connectivity index (χ1) is 14.3. The number of aromatic nitrogens is 3. The van der Waals surface area contributed by atoms with E-state index < -0.39 is 11.9 Å². The lowest BCUT2D eigenvalue weighted by Gasteiger charge is -2.23. The molecule has 0 fully saturated rings. The first-order valence-corrected chi connectivity index (χ1v) is 9.35. The molecular weight excluding hydrogens is 397 g/mol. The third kappa shape index (κ3) is 4.06. The van der Waals surface area contributed by atoms with Crippen LogP contribution in [0.15, 0.2) is 42.7 Å². The molecule has 0 radical (unpaired) electrons. The quantitative estimate of drug-likeness (QED) is 0.665. The Morgan fingerprint density at radius 2 is 2.00 bits per heavy atom. The van der Waals surface area contributed by atoms with Gasteiger partial charge in [0.2, 0.25) is 5.88 Å². The summed E-state index contributed by atoms with van der Waals surface area (Å²) in [7, 11) is 1.26. The van der Waals surface area contributed by atoms with Crippen LogP contribution >= 0.6 is 0 Å². The number of benzene rings is 1. The number of nitrogens with one attached hydrogen (secondary N) is 1. The van der Waals surface area contributed by atoms with Crippen LogP contribution in [-0.4, -0.2) is 33.3 Å². The molecule has 0 bridgehead atoms. The van der Waals surface area contributed by atoms with Gasteiger partial charge in [0, 0.05) is 18.2 Å². The summed E-state index contributed by atoms with van der Waals surface area (Å²) in [5.41, 5.74) is 2.69. The number of aliphatic hydroxyl groups is 1. The standard InChI is InChI=1S/C21H19F3N4O2/c1-30-20-14(7-8-18(28-20)21(22,23)24)17-10-19(26-11-25-17)27-16-4-2-3-12-5-6-13(29)9-15(12)16/h2-4,7-8,10-11,13,29H,5-6,9H2,1H3,(H,25,26,27). The Bertz CT molecular complexity index is 1070. The van der Waals surface area contributed by atoms with Gasteiger partial charge in [-0.25, -0.2) is 15.0 Å². The van der Waals surface area contributed by atoms with Gasteiger partial charge in [-0.2, -0.15) is 13.2 Å². The van der Waals surface area contributed by atoms with Gasteiger partial charge in [0.05, 0.1) is 24.5 Å². The first kappa shape index (κ1) is 20.1. The zero-order chi connectivity index (χ0) is 21.3. The molecule has 1 aromatic carbocycles. The molecular formula is C21H19F3N4O2. The molecule has 6 nitrogen and oxygen atoms in total. The van der Waals surface area contributed by atoms with Crippen LogP contribution in [0.3, 0.4) is 0 Å². The Kier molecular flexibility index (Phi) is 5.29. The monoisotopic (exact) mass is 416 g/mol. The number of anilines is 2. The van der Waals surface area contributed by atoms with Crippen molar-refractivity contribution in [3.8, 4) is 17.1 Å². The van der Waals surface area contributed by atoms with Gasteiger partial charge in [0.25, 0.3) is 0 Å². The Balaban J connectivity index is 1.66. The van der Waals surface area contributed by atoms with Gasteiger partial charge >= 0.3 is 6.18 Å². The van der Waals surface area contributed by atoms with E-state index in [0.29, 0.717) is 23.5 Å². The molecule has 0 aliphatic heterocycles. The van der Waals surface area contributed by atoms with Crippen LogP contribution in [0.5, 0.6) is 5.88 Å². The zero-order valence-electron chi connectivity index (χ0n) is 16.1. The normalized spacial score (nSPS) is 16.1. The molecule has 0 saturated heterocycles. The number of aliphatic hydroxyl groups excluding tert-OH is 1. The van der Waals surface area contributed by atoms with Crippen LogP contribution in [0.4, 0.5) is 24.7 Å². The van der Waals surface area contributed by atoms with Gasteiger partial charge in [-0.3, -0.25) is 0 Å². The van der Waals surface area contributed by atoms with Crippen molar-refractivity contribution in [3.63, 3.8) is 0 Å². The number of hydrogen-bond donors (Lipinski definition) is 2. The predicted molar refractivity (Wildman–Crippen MR) is 105 cm³/mol. The van der Waals surface area contributed by atoms with Gasteiger partial charge in [0.1, 0.15) is 17.8 Å². The number of fused-ring (bicyclic) bond motifs is 1. The van der Waals surface area contributed by atoms with Crippen LogP contribution in [0.1, 0.15) is 23.2 Å². The molecule has 0 amide bonds. The molecule has 2 aromatic heterocycles. The van der Waals surface area contributed by atoms with Crippen LogP contribution in [0, 0.1) is 0 Å². The fraction of sp³-hybridized carbons (Fsp3) is 0.286. The fourth-order valence-electron chi connectivity index (χ4n) is 3.55. The maximum Gasteiger partial charge on any atom is 0.433 e. The number of aryl methyl sites for hydroxylation is 1. The summed E-state index contributed by atoms with van der Waals surface area (Å²) in [4.78, 5) is 11.9. The average Bonchev–Trinajstić information content (AvgIpc) is 2.73. The summed E-state index contributed by atoms with van der Waals surface area (Å²) in [5.74, 6) is 0.296. The predicted octanol–water partition coefficient (Wildman–Crippen LogP) is 4.16. The van der Waals surface area contributed by atoms with Crippen molar-refractivity contribution >= 4 is 11.5 Å². The van der Waals surface area contributed by atoms with Crippen molar-refractivity contribution in [1.82, 2.24) is 15.0 Å². The number of methoxy groups -OCH3 is 1. The third-order valence-corrected chi connectivity index (χ3v) is 5.01. The second-order valence-corrected chi connectivity index (χ2v) is 7.00. The molecule has 30 heavy (non-hydrogen) atoms. The Morgan fingerprint density at radius 3 is 2.77 bits per heavy atom. The van der Waals surface area contributed by atoms with Crippen molar-refractivity contribution in [3.05, 3.63) is 59.5 Å². The van der Waals surface area contributed by atoms with Crippen molar-refractivity contribution in [1.29, 1.82) is 0 Å². The van der Waals surface area contributed by atoms with Gasteiger partial charge in [-0.1, -0.05) is 12.1 Å².